The zero-order chi connectivity index (χ0) is 12.9. The molecule has 0 spiro atoms. The van der Waals surface area contributed by atoms with Gasteiger partial charge in [0, 0.05) is 6.42 Å². The number of amides is 1. The summed E-state index contributed by atoms with van der Waals surface area (Å²) in [6, 6.07) is -0.956. The topological polar surface area (TPSA) is 75.6 Å². The summed E-state index contributed by atoms with van der Waals surface area (Å²) in [5.41, 5.74) is -0.636. The average molecular weight is 230 g/mol. The van der Waals surface area contributed by atoms with Crippen molar-refractivity contribution in [2.45, 2.75) is 45.8 Å². The maximum Gasteiger partial charge on any atom is 0.408 e. The van der Waals surface area contributed by atoms with Gasteiger partial charge >= 0.3 is 12.1 Å². The molecule has 5 nitrogen and oxygen atoms in total. The summed E-state index contributed by atoms with van der Waals surface area (Å²) in [4.78, 5) is 22.2. The van der Waals surface area contributed by atoms with Crippen LogP contribution in [-0.2, 0) is 9.53 Å². The van der Waals surface area contributed by atoms with Gasteiger partial charge in [0.1, 0.15) is 11.6 Å². The molecule has 1 amide bonds. The minimum Gasteiger partial charge on any atom is -0.480 e. The summed E-state index contributed by atoms with van der Waals surface area (Å²) < 4.78 is 4.97. The quantitative estimate of drug-likeness (QED) is 0.722. The largest absolute Gasteiger partial charge is 0.480 e. The van der Waals surface area contributed by atoms with E-state index < -0.39 is 23.7 Å². The van der Waals surface area contributed by atoms with E-state index in [2.05, 4.69) is 12.2 Å². The first-order valence-electron chi connectivity index (χ1n) is 5.17. The number of carbonyl (C=O) groups excluding carboxylic acids is 1. The number of carboxylic acids is 1. The number of nitrogens with one attached hydrogen (secondary N) is 1. The lowest BCUT2D eigenvalue weighted by Gasteiger charge is -2.21. The van der Waals surface area contributed by atoms with Crippen molar-refractivity contribution in [3.63, 3.8) is 0 Å². The van der Waals surface area contributed by atoms with Crippen molar-refractivity contribution in [1.82, 2.24) is 5.32 Å². The summed E-state index contributed by atoms with van der Waals surface area (Å²) in [7, 11) is 0. The molecule has 0 bridgehead atoms. The van der Waals surface area contributed by atoms with Crippen molar-refractivity contribution in [2.24, 2.45) is 5.92 Å². The lowest BCUT2D eigenvalue weighted by Crippen LogP contribution is -2.44. The van der Waals surface area contributed by atoms with Crippen LogP contribution < -0.4 is 5.32 Å². The lowest BCUT2D eigenvalue weighted by molar-refractivity contribution is -0.139. The standard InChI is InChI=1S/C11H19NO4/c1-7(2)6-8(9(13)14)12-10(15)16-11(3,4)5/h7-8H,1,6H2,2-5H3,(H-,12,13,14,15)/p+1/t7?,8-/m0/s1. The monoisotopic (exact) mass is 230 g/mol. The second-order valence-electron chi connectivity index (χ2n) is 4.88. The first-order valence-corrected chi connectivity index (χ1v) is 5.17. The summed E-state index contributed by atoms with van der Waals surface area (Å²) in [6.07, 6.45) is -0.449. The zero-order valence-electron chi connectivity index (χ0n) is 10.2. The van der Waals surface area contributed by atoms with E-state index in [0.29, 0.717) is 0 Å². The molecular weight excluding hydrogens is 210 g/mol. The number of hydrogen-bond acceptors (Lipinski definition) is 3. The molecule has 0 saturated heterocycles. The van der Waals surface area contributed by atoms with E-state index in [1.165, 1.54) is 0 Å². The summed E-state index contributed by atoms with van der Waals surface area (Å²) in [5.74, 6) is -1.14. The maximum absolute atomic E-state index is 11.3. The molecule has 92 valence electrons. The summed E-state index contributed by atoms with van der Waals surface area (Å²) in [5, 5.41) is 11.2. The highest BCUT2D eigenvalue weighted by atomic mass is 16.6. The van der Waals surface area contributed by atoms with Crippen LogP contribution in [0.4, 0.5) is 4.79 Å². The highest BCUT2D eigenvalue weighted by Gasteiger charge is 2.25. The van der Waals surface area contributed by atoms with Gasteiger partial charge in [-0.1, -0.05) is 0 Å². The van der Waals surface area contributed by atoms with Crippen LogP contribution in [0, 0.1) is 12.8 Å². The number of alkyl carbamates (subject to hydrolysis) is 1. The minimum atomic E-state index is -1.08. The summed E-state index contributed by atoms with van der Waals surface area (Å²) in [6.45, 7) is 10.6. The average Bonchev–Trinajstić information content (AvgIpc) is 1.97. The van der Waals surface area contributed by atoms with Crippen LogP contribution in [0.1, 0.15) is 34.1 Å². The molecule has 0 fully saturated rings. The predicted octanol–water partition coefficient (Wildman–Crippen LogP) is 1.82. The lowest BCUT2D eigenvalue weighted by atomic mass is 10.0. The van der Waals surface area contributed by atoms with E-state index in [0.717, 1.165) is 0 Å². The fourth-order valence-corrected chi connectivity index (χ4v) is 1.07. The number of hydrogen-bond donors (Lipinski definition) is 2. The van der Waals surface area contributed by atoms with E-state index in [-0.39, 0.29) is 12.3 Å². The van der Waals surface area contributed by atoms with Gasteiger partial charge in [-0.15, -0.1) is 0 Å². The zero-order valence-corrected chi connectivity index (χ0v) is 10.2. The third-order valence-corrected chi connectivity index (χ3v) is 1.63. The third kappa shape index (κ3) is 6.98. The van der Waals surface area contributed by atoms with Crippen LogP contribution in [0.2, 0.25) is 0 Å². The molecule has 0 aliphatic carbocycles. The maximum atomic E-state index is 11.3. The van der Waals surface area contributed by atoms with E-state index in [4.69, 9.17) is 9.84 Å². The van der Waals surface area contributed by atoms with Crippen molar-refractivity contribution >= 4 is 12.1 Å². The van der Waals surface area contributed by atoms with Crippen molar-refractivity contribution in [3.05, 3.63) is 6.92 Å². The molecular formula is C11H20NO4+. The molecule has 5 heteroatoms. The van der Waals surface area contributed by atoms with Crippen molar-refractivity contribution in [1.29, 1.82) is 0 Å². The van der Waals surface area contributed by atoms with E-state index in [1.807, 2.05) is 0 Å². The third-order valence-electron chi connectivity index (χ3n) is 1.63. The Kier molecular flexibility index (Phi) is 5.14. The van der Waals surface area contributed by atoms with Crippen LogP contribution in [0.3, 0.4) is 0 Å². The van der Waals surface area contributed by atoms with Gasteiger partial charge in [0.25, 0.3) is 0 Å². The fraction of sp³-hybridized carbons (Fsp3) is 0.727. The number of ether oxygens (including phenoxy) is 1. The van der Waals surface area contributed by atoms with Crippen molar-refractivity contribution in [2.75, 3.05) is 0 Å². The second-order valence-corrected chi connectivity index (χ2v) is 4.88. The summed E-state index contributed by atoms with van der Waals surface area (Å²) >= 11 is 0. The Hall–Kier alpha value is -1.39. The van der Waals surface area contributed by atoms with Crippen LogP contribution in [-0.4, -0.2) is 28.8 Å². The van der Waals surface area contributed by atoms with Crippen LogP contribution in [0.25, 0.3) is 0 Å². The van der Waals surface area contributed by atoms with E-state index in [9.17, 15) is 9.59 Å². The molecule has 0 radical (unpaired) electrons. The molecule has 0 aliphatic heterocycles. The van der Waals surface area contributed by atoms with Gasteiger partial charge in [-0.05, 0) is 27.7 Å². The molecule has 0 aromatic rings. The molecule has 1 unspecified atom stereocenters. The minimum absolute atomic E-state index is 0.0592. The van der Waals surface area contributed by atoms with Gasteiger partial charge in [-0.2, -0.15) is 0 Å². The van der Waals surface area contributed by atoms with Crippen molar-refractivity contribution in [3.8, 4) is 0 Å². The van der Waals surface area contributed by atoms with Crippen LogP contribution >= 0.6 is 0 Å². The highest BCUT2D eigenvalue weighted by Crippen LogP contribution is 2.09. The first-order chi connectivity index (χ1) is 7.11. The molecule has 16 heavy (non-hydrogen) atoms. The Morgan fingerprint density at radius 2 is 1.94 bits per heavy atom. The van der Waals surface area contributed by atoms with Crippen LogP contribution in [0.5, 0.6) is 0 Å². The van der Waals surface area contributed by atoms with Gasteiger partial charge in [-0.3, -0.25) is 0 Å². The second kappa shape index (κ2) is 5.63. The number of rotatable bonds is 4. The molecule has 0 aromatic heterocycles. The van der Waals surface area contributed by atoms with Gasteiger partial charge < -0.3 is 15.2 Å². The Balaban J connectivity index is 4.30. The SMILES string of the molecule is [CH2+]C(C)C[C@H](NC(=O)OC(C)(C)C)C(=O)O. The van der Waals surface area contributed by atoms with Crippen molar-refractivity contribution < 1.29 is 19.4 Å². The normalized spacial score (nSPS) is 15.0. The van der Waals surface area contributed by atoms with Crippen LogP contribution in [0.15, 0.2) is 0 Å². The number of carboxylic acid groups (broad SMARTS) is 1. The fourth-order valence-electron chi connectivity index (χ4n) is 1.07. The Morgan fingerprint density at radius 3 is 2.25 bits per heavy atom. The number of aliphatic carboxylic acids is 1. The smallest absolute Gasteiger partial charge is 0.408 e. The van der Waals surface area contributed by atoms with E-state index in [1.54, 1.807) is 27.7 Å². The number of carbonyl (C=O) groups is 2. The highest BCUT2D eigenvalue weighted by molar-refractivity contribution is 5.79. The van der Waals surface area contributed by atoms with Gasteiger partial charge in [-0.25, -0.2) is 9.59 Å². The van der Waals surface area contributed by atoms with Gasteiger partial charge in [0.2, 0.25) is 0 Å². The first kappa shape index (κ1) is 14.6. The van der Waals surface area contributed by atoms with Gasteiger partial charge in [0.15, 0.2) is 0 Å². The molecule has 0 aromatic carbocycles. The molecule has 2 N–H and O–H groups in total. The Bertz CT molecular complexity index is 255. The Labute approximate surface area is 96.2 Å². The molecule has 0 heterocycles. The predicted molar refractivity (Wildman–Crippen MR) is 59.9 cm³/mol. The molecule has 2 atom stereocenters. The molecule has 0 aliphatic rings. The molecule has 0 rings (SSSR count). The van der Waals surface area contributed by atoms with Gasteiger partial charge in [0.05, 0.1) is 12.8 Å². The van der Waals surface area contributed by atoms with E-state index >= 15 is 0 Å². The molecule has 0 saturated carbocycles. The Morgan fingerprint density at radius 1 is 1.44 bits per heavy atom.